The quantitative estimate of drug-likeness (QED) is 0.581. The van der Waals surface area contributed by atoms with E-state index in [1.165, 1.54) is 26.1 Å². The van der Waals surface area contributed by atoms with Crippen LogP contribution in [0.2, 0.25) is 0 Å². The van der Waals surface area contributed by atoms with Gasteiger partial charge in [0.25, 0.3) is 5.91 Å². The second-order valence-electron chi connectivity index (χ2n) is 6.29. The molecule has 1 aromatic heterocycles. The van der Waals surface area contributed by atoms with Crippen LogP contribution in [0.4, 0.5) is 5.69 Å². The highest BCUT2D eigenvalue weighted by Crippen LogP contribution is 2.26. The molecule has 0 bridgehead atoms. The van der Waals surface area contributed by atoms with Crippen LogP contribution < -0.4 is 5.32 Å². The molecule has 2 atom stereocenters. The monoisotopic (exact) mass is 356 g/mol. The third kappa shape index (κ3) is 4.59. The molecule has 0 aliphatic heterocycles. The largest absolute Gasteiger partial charge is 0.448 e. The smallest absolute Gasteiger partial charge is 0.355 e. The molecule has 0 unspecified atom stereocenters. The van der Waals surface area contributed by atoms with E-state index in [2.05, 4.69) is 24.1 Å². The summed E-state index contributed by atoms with van der Waals surface area (Å²) < 4.78 is 5.20. The molecular weight excluding hydrogens is 332 g/mol. The summed E-state index contributed by atoms with van der Waals surface area (Å²) in [7, 11) is 0. The number of carbonyl (C=O) groups is 3. The summed E-state index contributed by atoms with van der Waals surface area (Å²) in [6, 6.07) is 8.99. The summed E-state index contributed by atoms with van der Waals surface area (Å²) in [6.45, 7) is 7.09. The Bertz CT molecular complexity index is 810. The Hall–Kier alpha value is -2.89. The number of amides is 1. The number of benzene rings is 1. The molecule has 2 rings (SSSR count). The molecule has 2 N–H and O–H groups in total. The number of nitrogens with one attached hydrogen (secondary N) is 2. The van der Waals surface area contributed by atoms with Crippen molar-refractivity contribution in [1.29, 1.82) is 0 Å². The Morgan fingerprint density at radius 3 is 2.50 bits per heavy atom. The van der Waals surface area contributed by atoms with Crippen LogP contribution in [-0.2, 0) is 9.53 Å². The Morgan fingerprint density at radius 1 is 1.19 bits per heavy atom. The molecule has 0 aliphatic rings. The maximum atomic E-state index is 12.4. The zero-order valence-corrected chi connectivity index (χ0v) is 15.5. The minimum absolute atomic E-state index is 0.134. The number of anilines is 1. The zero-order chi connectivity index (χ0) is 19.3. The van der Waals surface area contributed by atoms with Gasteiger partial charge in [-0.05, 0) is 43.9 Å². The number of esters is 1. The van der Waals surface area contributed by atoms with Gasteiger partial charge in [-0.1, -0.05) is 32.0 Å². The number of aromatic nitrogens is 1. The molecule has 2 aromatic rings. The molecule has 1 amide bonds. The van der Waals surface area contributed by atoms with Crippen molar-refractivity contribution in [1.82, 2.24) is 4.98 Å². The first-order valence-corrected chi connectivity index (χ1v) is 8.63. The van der Waals surface area contributed by atoms with Gasteiger partial charge in [-0.15, -0.1) is 0 Å². The fourth-order valence-corrected chi connectivity index (χ4v) is 2.49. The van der Waals surface area contributed by atoms with Gasteiger partial charge < -0.3 is 15.0 Å². The number of Topliss-reactive ketones (excluding diaryl/α,β-unsaturated/α-hetero) is 1. The first-order chi connectivity index (χ1) is 12.3. The summed E-state index contributed by atoms with van der Waals surface area (Å²) in [5, 5.41) is 2.83. The van der Waals surface area contributed by atoms with Crippen molar-refractivity contribution in [3.8, 4) is 0 Å². The normalized spacial score (nSPS) is 12.9. The minimum atomic E-state index is -0.975. The Morgan fingerprint density at radius 2 is 1.88 bits per heavy atom. The zero-order valence-electron chi connectivity index (χ0n) is 15.5. The molecule has 1 aromatic carbocycles. The SMILES string of the molecule is CC[C@@H](C)c1ccccc1NC(=O)[C@H](C)OC(=O)c1cc(C(C)=O)c[nH]1. The van der Waals surface area contributed by atoms with E-state index >= 15 is 0 Å². The number of hydrogen-bond donors (Lipinski definition) is 2. The molecular formula is C20H24N2O4. The van der Waals surface area contributed by atoms with E-state index in [9.17, 15) is 14.4 Å². The van der Waals surface area contributed by atoms with Gasteiger partial charge in [0.15, 0.2) is 11.9 Å². The molecule has 0 spiro atoms. The van der Waals surface area contributed by atoms with Crippen molar-refractivity contribution in [3.63, 3.8) is 0 Å². The number of carbonyl (C=O) groups excluding carboxylic acids is 3. The van der Waals surface area contributed by atoms with Crippen LogP contribution in [0.5, 0.6) is 0 Å². The lowest BCUT2D eigenvalue weighted by Crippen LogP contribution is -2.30. The van der Waals surface area contributed by atoms with Crippen molar-refractivity contribution >= 4 is 23.3 Å². The van der Waals surface area contributed by atoms with E-state index in [-0.39, 0.29) is 11.5 Å². The third-order valence-corrected chi connectivity index (χ3v) is 4.32. The Labute approximate surface area is 152 Å². The highest BCUT2D eigenvalue weighted by Gasteiger charge is 2.21. The Balaban J connectivity index is 2.03. The summed E-state index contributed by atoms with van der Waals surface area (Å²) in [5.74, 6) is -0.955. The molecule has 0 radical (unpaired) electrons. The highest BCUT2D eigenvalue weighted by molar-refractivity contribution is 5.99. The van der Waals surface area contributed by atoms with Gasteiger partial charge in [-0.25, -0.2) is 4.79 Å². The van der Waals surface area contributed by atoms with Gasteiger partial charge in [-0.3, -0.25) is 9.59 Å². The van der Waals surface area contributed by atoms with Gasteiger partial charge in [-0.2, -0.15) is 0 Å². The molecule has 1 heterocycles. The van der Waals surface area contributed by atoms with Gasteiger partial charge in [0.2, 0.25) is 0 Å². The number of H-pyrrole nitrogens is 1. The number of aromatic amines is 1. The van der Waals surface area contributed by atoms with Crippen LogP contribution in [0.15, 0.2) is 36.5 Å². The van der Waals surface area contributed by atoms with Crippen LogP contribution in [0.1, 0.15) is 66.4 Å². The average molecular weight is 356 g/mol. The minimum Gasteiger partial charge on any atom is -0.448 e. The van der Waals surface area contributed by atoms with E-state index in [0.717, 1.165) is 12.0 Å². The highest BCUT2D eigenvalue weighted by atomic mass is 16.5. The maximum absolute atomic E-state index is 12.4. The average Bonchev–Trinajstić information content (AvgIpc) is 3.12. The summed E-state index contributed by atoms with van der Waals surface area (Å²) in [6.07, 6.45) is 1.41. The lowest BCUT2D eigenvalue weighted by atomic mass is 9.97. The second-order valence-corrected chi connectivity index (χ2v) is 6.29. The van der Waals surface area contributed by atoms with Crippen LogP contribution in [0, 0.1) is 0 Å². The van der Waals surface area contributed by atoms with Gasteiger partial charge >= 0.3 is 5.97 Å². The van der Waals surface area contributed by atoms with Crippen LogP contribution in [-0.4, -0.2) is 28.7 Å². The van der Waals surface area contributed by atoms with E-state index in [0.29, 0.717) is 17.2 Å². The van der Waals surface area contributed by atoms with Crippen LogP contribution in [0.25, 0.3) is 0 Å². The second kappa shape index (κ2) is 8.47. The molecule has 0 saturated heterocycles. The molecule has 0 aliphatic carbocycles. The maximum Gasteiger partial charge on any atom is 0.355 e. The van der Waals surface area contributed by atoms with Crippen molar-refractivity contribution in [2.24, 2.45) is 0 Å². The van der Waals surface area contributed by atoms with E-state index < -0.39 is 18.0 Å². The van der Waals surface area contributed by atoms with Crippen molar-refractivity contribution in [2.45, 2.75) is 46.1 Å². The molecule has 26 heavy (non-hydrogen) atoms. The van der Waals surface area contributed by atoms with Crippen molar-refractivity contribution in [3.05, 3.63) is 53.3 Å². The first-order valence-electron chi connectivity index (χ1n) is 8.63. The number of para-hydroxylation sites is 1. The van der Waals surface area contributed by atoms with E-state index in [4.69, 9.17) is 4.74 Å². The van der Waals surface area contributed by atoms with Gasteiger partial charge in [0.05, 0.1) is 0 Å². The van der Waals surface area contributed by atoms with E-state index in [1.807, 2.05) is 24.3 Å². The summed E-state index contributed by atoms with van der Waals surface area (Å²) in [4.78, 5) is 38.5. The van der Waals surface area contributed by atoms with Crippen molar-refractivity contribution in [2.75, 3.05) is 5.32 Å². The van der Waals surface area contributed by atoms with Crippen LogP contribution >= 0.6 is 0 Å². The molecule has 6 heteroatoms. The number of hydrogen-bond acceptors (Lipinski definition) is 4. The number of rotatable bonds is 7. The predicted octanol–water partition coefficient (Wildman–Crippen LogP) is 3.91. The lowest BCUT2D eigenvalue weighted by molar-refractivity contribution is -0.123. The van der Waals surface area contributed by atoms with Gasteiger partial charge in [0, 0.05) is 17.4 Å². The lowest BCUT2D eigenvalue weighted by Gasteiger charge is -2.18. The topological polar surface area (TPSA) is 88.3 Å². The molecule has 0 saturated carbocycles. The van der Waals surface area contributed by atoms with Crippen molar-refractivity contribution < 1.29 is 19.1 Å². The molecule has 6 nitrogen and oxygen atoms in total. The summed E-state index contributed by atoms with van der Waals surface area (Å²) >= 11 is 0. The number of ketones is 1. The van der Waals surface area contributed by atoms with E-state index in [1.54, 1.807) is 0 Å². The third-order valence-electron chi connectivity index (χ3n) is 4.32. The fraction of sp³-hybridized carbons (Fsp3) is 0.350. The fourth-order valence-electron chi connectivity index (χ4n) is 2.49. The first kappa shape index (κ1) is 19.4. The molecule has 0 fully saturated rings. The predicted molar refractivity (Wildman–Crippen MR) is 99.5 cm³/mol. The van der Waals surface area contributed by atoms with Gasteiger partial charge in [0.1, 0.15) is 5.69 Å². The molecule has 138 valence electrons. The van der Waals surface area contributed by atoms with Crippen LogP contribution in [0.3, 0.4) is 0 Å². The summed E-state index contributed by atoms with van der Waals surface area (Å²) in [5.41, 5.74) is 2.28. The Kier molecular flexibility index (Phi) is 6.33. The standard InChI is InChI=1S/C20H24N2O4/c1-5-12(2)16-8-6-7-9-17(16)22-19(24)14(4)26-20(25)18-10-15(11-21-18)13(3)23/h6-12,14,21H,5H2,1-4H3,(H,22,24)/t12-,14+/m1/s1. The number of ether oxygens (including phenoxy) is 1.